The molecule has 1 amide bonds. The SMILES string of the molecule is COc1ccc(NC(=O)C2=CC=CN3CCS(=O)(=O)N=C23)cc1. The summed E-state index contributed by atoms with van der Waals surface area (Å²) < 4.78 is 32.2. The molecule has 8 heteroatoms. The number of methoxy groups -OCH3 is 1. The van der Waals surface area contributed by atoms with Crippen molar-refractivity contribution in [3.05, 3.63) is 48.2 Å². The van der Waals surface area contributed by atoms with Crippen molar-refractivity contribution in [2.75, 3.05) is 24.7 Å². The van der Waals surface area contributed by atoms with Crippen LogP contribution in [0.1, 0.15) is 0 Å². The summed E-state index contributed by atoms with van der Waals surface area (Å²) in [7, 11) is -1.97. The number of nitrogens with zero attached hydrogens (tertiary/aromatic N) is 2. The van der Waals surface area contributed by atoms with Gasteiger partial charge < -0.3 is 15.0 Å². The molecule has 0 aliphatic carbocycles. The van der Waals surface area contributed by atoms with Gasteiger partial charge in [0.25, 0.3) is 15.9 Å². The molecule has 0 spiro atoms. The highest BCUT2D eigenvalue weighted by molar-refractivity contribution is 7.90. The fourth-order valence-electron chi connectivity index (χ4n) is 2.27. The van der Waals surface area contributed by atoms with Crippen LogP contribution in [0.4, 0.5) is 5.69 Å². The van der Waals surface area contributed by atoms with Gasteiger partial charge in [0.1, 0.15) is 5.75 Å². The summed E-state index contributed by atoms with van der Waals surface area (Å²) in [6, 6.07) is 6.85. The average Bonchev–Trinajstić information content (AvgIpc) is 2.54. The van der Waals surface area contributed by atoms with E-state index < -0.39 is 15.9 Å². The number of benzene rings is 1. The molecule has 0 aromatic heterocycles. The minimum absolute atomic E-state index is 0.0613. The molecular formula is C15H15N3O4S. The van der Waals surface area contributed by atoms with Crippen LogP contribution in [-0.4, -0.2) is 44.5 Å². The lowest BCUT2D eigenvalue weighted by molar-refractivity contribution is -0.112. The number of allylic oxidation sites excluding steroid dienone is 2. The Kier molecular flexibility index (Phi) is 3.91. The zero-order valence-corrected chi connectivity index (χ0v) is 13.2. The van der Waals surface area contributed by atoms with Crippen molar-refractivity contribution in [1.82, 2.24) is 4.90 Å². The second-order valence-electron chi connectivity index (χ2n) is 5.00. The molecule has 1 aromatic rings. The van der Waals surface area contributed by atoms with E-state index in [0.29, 0.717) is 11.4 Å². The third-order valence-corrected chi connectivity index (χ3v) is 4.60. The molecule has 7 nitrogen and oxygen atoms in total. The molecule has 1 N–H and O–H groups in total. The molecular weight excluding hydrogens is 318 g/mol. The fraction of sp³-hybridized carbons (Fsp3) is 0.200. The molecule has 0 atom stereocenters. The van der Waals surface area contributed by atoms with E-state index in [2.05, 4.69) is 9.71 Å². The molecule has 0 fully saturated rings. The Balaban J connectivity index is 1.84. The highest BCUT2D eigenvalue weighted by atomic mass is 32.2. The summed E-state index contributed by atoms with van der Waals surface area (Å²) in [5, 5.41) is 2.72. The van der Waals surface area contributed by atoms with Gasteiger partial charge in [0, 0.05) is 18.4 Å². The number of rotatable bonds is 3. The van der Waals surface area contributed by atoms with Crippen LogP contribution >= 0.6 is 0 Å². The van der Waals surface area contributed by atoms with E-state index in [-0.39, 0.29) is 23.7 Å². The molecule has 1 aromatic carbocycles. The molecule has 0 radical (unpaired) electrons. The lowest BCUT2D eigenvalue weighted by Gasteiger charge is -2.28. The van der Waals surface area contributed by atoms with Crippen molar-refractivity contribution in [3.8, 4) is 5.75 Å². The normalized spacial score (nSPS) is 18.6. The molecule has 2 heterocycles. The average molecular weight is 333 g/mol. The van der Waals surface area contributed by atoms with E-state index in [9.17, 15) is 13.2 Å². The predicted octanol–water partition coefficient (Wildman–Crippen LogP) is 1.13. The largest absolute Gasteiger partial charge is 0.497 e. The standard InChI is InChI=1S/C15H15N3O4S/c1-22-12-6-4-11(5-7-12)16-15(19)13-3-2-8-18-9-10-23(20,21)17-14(13)18/h2-8H,9-10H2,1H3,(H,16,19). The van der Waals surface area contributed by atoms with Crippen LogP contribution in [0.5, 0.6) is 5.75 Å². The number of carbonyl (C=O) groups is 1. The summed E-state index contributed by atoms with van der Waals surface area (Å²) >= 11 is 0. The molecule has 120 valence electrons. The van der Waals surface area contributed by atoms with Gasteiger partial charge in [-0.05, 0) is 36.4 Å². The number of nitrogens with one attached hydrogen (secondary N) is 1. The van der Waals surface area contributed by atoms with Crippen LogP contribution in [0.3, 0.4) is 0 Å². The van der Waals surface area contributed by atoms with Gasteiger partial charge in [-0.1, -0.05) is 0 Å². The Hall–Kier alpha value is -2.61. The van der Waals surface area contributed by atoms with Gasteiger partial charge in [0.2, 0.25) is 0 Å². The first-order valence-corrected chi connectivity index (χ1v) is 8.53. The Morgan fingerprint density at radius 3 is 2.74 bits per heavy atom. The second kappa shape index (κ2) is 5.88. The third kappa shape index (κ3) is 3.26. The summed E-state index contributed by atoms with van der Waals surface area (Å²) in [6.07, 6.45) is 4.95. The quantitative estimate of drug-likeness (QED) is 0.896. The molecule has 3 rings (SSSR count). The molecule has 0 saturated heterocycles. The maximum absolute atomic E-state index is 12.4. The molecule has 0 unspecified atom stereocenters. The summed E-state index contributed by atoms with van der Waals surface area (Å²) in [4.78, 5) is 14.1. The van der Waals surface area contributed by atoms with E-state index >= 15 is 0 Å². The van der Waals surface area contributed by atoms with Crippen molar-refractivity contribution >= 4 is 27.5 Å². The first-order valence-electron chi connectivity index (χ1n) is 6.92. The smallest absolute Gasteiger partial charge is 0.259 e. The van der Waals surface area contributed by atoms with Crippen molar-refractivity contribution in [1.29, 1.82) is 0 Å². The zero-order valence-electron chi connectivity index (χ0n) is 12.4. The third-order valence-electron chi connectivity index (χ3n) is 3.45. The summed E-state index contributed by atoms with van der Waals surface area (Å²) in [6.45, 7) is 0.283. The maximum atomic E-state index is 12.4. The van der Waals surface area contributed by atoms with Gasteiger partial charge in [0.15, 0.2) is 5.84 Å². The lowest BCUT2D eigenvalue weighted by atomic mass is 10.1. The van der Waals surface area contributed by atoms with Crippen molar-refractivity contribution in [2.24, 2.45) is 4.40 Å². The molecule has 0 saturated carbocycles. The van der Waals surface area contributed by atoms with Gasteiger partial charge in [-0.2, -0.15) is 0 Å². The van der Waals surface area contributed by atoms with Crippen LogP contribution in [0, 0.1) is 0 Å². The Bertz CT molecular complexity index is 823. The van der Waals surface area contributed by atoms with Crippen LogP contribution in [0.15, 0.2) is 52.6 Å². The molecule has 0 bridgehead atoms. The number of carbonyl (C=O) groups excluding carboxylic acids is 1. The highest BCUT2D eigenvalue weighted by Crippen LogP contribution is 2.20. The van der Waals surface area contributed by atoms with E-state index in [1.807, 2.05) is 0 Å². The van der Waals surface area contributed by atoms with Gasteiger partial charge >= 0.3 is 0 Å². The fourth-order valence-corrected chi connectivity index (χ4v) is 3.25. The van der Waals surface area contributed by atoms with Crippen molar-refractivity contribution < 1.29 is 17.9 Å². The molecule has 2 aliphatic heterocycles. The summed E-state index contributed by atoms with van der Waals surface area (Å²) in [5.41, 5.74) is 0.795. The number of sulfonamides is 1. The monoisotopic (exact) mass is 333 g/mol. The molecule has 2 aliphatic rings. The molecule has 23 heavy (non-hydrogen) atoms. The Morgan fingerprint density at radius 1 is 1.30 bits per heavy atom. The van der Waals surface area contributed by atoms with Crippen LogP contribution in [-0.2, 0) is 14.8 Å². The second-order valence-corrected chi connectivity index (χ2v) is 6.75. The highest BCUT2D eigenvalue weighted by Gasteiger charge is 2.29. The minimum atomic E-state index is -3.53. The zero-order chi connectivity index (χ0) is 16.4. The Morgan fingerprint density at radius 2 is 2.04 bits per heavy atom. The van der Waals surface area contributed by atoms with Gasteiger partial charge in [-0.15, -0.1) is 4.40 Å². The van der Waals surface area contributed by atoms with Crippen LogP contribution in [0.2, 0.25) is 0 Å². The van der Waals surface area contributed by atoms with E-state index in [4.69, 9.17) is 4.74 Å². The number of ether oxygens (including phenoxy) is 1. The van der Waals surface area contributed by atoms with Crippen molar-refractivity contribution in [3.63, 3.8) is 0 Å². The number of fused-ring (bicyclic) bond motifs is 1. The maximum Gasteiger partial charge on any atom is 0.259 e. The number of amides is 1. The predicted molar refractivity (Wildman–Crippen MR) is 86.8 cm³/mol. The van der Waals surface area contributed by atoms with E-state index in [0.717, 1.165) is 0 Å². The van der Waals surface area contributed by atoms with Gasteiger partial charge in [0.05, 0.1) is 18.4 Å². The number of hydrogen-bond donors (Lipinski definition) is 1. The van der Waals surface area contributed by atoms with Crippen molar-refractivity contribution in [2.45, 2.75) is 0 Å². The number of amidine groups is 1. The summed E-state index contributed by atoms with van der Waals surface area (Å²) in [5.74, 6) is 0.357. The first-order chi connectivity index (χ1) is 11.0. The number of hydrogen-bond acceptors (Lipinski definition) is 5. The minimum Gasteiger partial charge on any atom is -0.497 e. The van der Waals surface area contributed by atoms with Gasteiger partial charge in [-0.3, -0.25) is 4.79 Å². The first kappa shape index (κ1) is 15.3. The number of anilines is 1. The topological polar surface area (TPSA) is 88.1 Å². The lowest BCUT2D eigenvalue weighted by Crippen LogP contribution is -2.40. The van der Waals surface area contributed by atoms with E-state index in [1.165, 1.54) is 0 Å². The van der Waals surface area contributed by atoms with Crippen LogP contribution in [0.25, 0.3) is 0 Å². The van der Waals surface area contributed by atoms with Crippen LogP contribution < -0.4 is 10.1 Å². The van der Waals surface area contributed by atoms with Gasteiger partial charge in [-0.25, -0.2) is 8.42 Å². The Labute approximate surface area is 134 Å². The van der Waals surface area contributed by atoms with E-state index in [1.54, 1.807) is 54.6 Å².